The molecule has 0 fully saturated rings. The van der Waals surface area contributed by atoms with E-state index in [0.717, 1.165) is 0 Å². The van der Waals surface area contributed by atoms with Crippen molar-refractivity contribution < 1.29 is 0 Å². The van der Waals surface area contributed by atoms with Gasteiger partial charge in [0.1, 0.15) is 0 Å². The van der Waals surface area contributed by atoms with Crippen LogP contribution in [-0.4, -0.2) is 0 Å². The summed E-state index contributed by atoms with van der Waals surface area (Å²) in [6.45, 7) is 0. The lowest BCUT2D eigenvalue weighted by molar-refractivity contribution is 1.32. The Morgan fingerprint density at radius 3 is 1.42 bits per heavy atom. The number of anilines is 3. The van der Waals surface area contributed by atoms with Crippen molar-refractivity contribution in [3.63, 3.8) is 0 Å². The number of fused-ring (bicyclic) bond motifs is 11. The maximum absolute atomic E-state index is 2.48. The van der Waals surface area contributed by atoms with Crippen LogP contribution in [0.15, 0.2) is 152 Å². The van der Waals surface area contributed by atoms with Crippen LogP contribution < -0.4 is 4.90 Å². The molecule has 0 radical (unpaired) electrons. The Kier molecular flexibility index (Phi) is 5.39. The van der Waals surface area contributed by atoms with Gasteiger partial charge in [-0.25, -0.2) is 0 Å². The molecule has 1 nitrogen and oxygen atoms in total. The van der Waals surface area contributed by atoms with E-state index in [0.29, 0.717) is 0 Å². The van der Waals surface area contributed by atoms with Crippen LogP contribution in [0.25, 0.3) is 72.7 Å². The van der Waals surface area contributed by atoms with Crippen LogP contribution in [0.4, 0.5) is 17.1 Å². The van der Waals surface area contributed by atoms with Crippen LogP contribution in [0.5, 0.6) is 0 Å². The molecule has 45 heavy (non-hydrogen) atoms. The maximum Gasteiger partial charge on any atom is 0.0546 e. The minimum absolute atomic E-state index is 1.17. The summed E-state index contributed by atoms with van der Waals surface area (Å²) in [4.78, 5) is 2.48. The fourth-order valence-corrected chi connectivity index (χ4v) is 9.44. The fraction of sp³-hybridized carbons (Fsp3) is 0. The van der Waals surface area contributed by atoms with Crippen molar-refractivity contribution in [3.05, 3.63) is 152 Å². The van der Waals surface area contributed by atoms with Gasteiger partial charge in [0.2, 0.25) is 0 Å². The van der Waals surface area contributed by atoms with E-state index >= 15 is 0 Å². The van der Waals surface area contributed by atoms with Crippen molar-refractivity contribution in [1.82, 2.24) is 0 Å². The molecular weight excluding hydrogens is 583 g/mol. The third kappa shape index (κ3) is 3.78. The zero-order valence-corrected chi connectivity index (χ0v) is 25.8. The first kappa shape index (κ1) is 25.1. The van der Waals surface area contributed by atoms with Crippen molar-refractivity contribution in [2.45, 2.75) is 0 Å². The number of benzene rings is 8. The van der Waals surface area contributed by atoms with Crippen LogP contribution in [0.3, 0.4) is 0 Å². The van der Waals surface area contributed by atoms with Crippen molar-refractivity contribution >= 4 is 112 Å². The van der Waals surface area contributed by atoms with Gasteiger partial charge in [-0.1, -0.05) is 109 Å². The quantitative estimate of drug-likeness (QED) is 0.181. The lowest BCUT2D eigenvalue weighted by Gasteiger charge is -2.28. The standard InChI is InChI=1S/C42H25NS2/c1-2-10-29-26(9-1)17-20-31-30-11-3-4-12-32(30)38(25-37(29)31)43(27-18-21-35-33-13-5-7-15-39(33)44-41(35)23-27)28-19-22-36-34-14-6-8-16-40(34)45-42(36)24-28/h1-25H. The molecule has 3 heteroatoms. The Morgan fingerprint density at radius 1 is 0.311 bits per heavy atom. The van der Waals surface area contributed by atoms with E-state index in [-0.39, 0.29) is 0 Å². The monoisotopic (exact) mass is 607 g/mol. The van der Waals surface area contributed by atoms with Gasteiger partial charge in [0.25, 0.3) is 0 Å². The van der Waals surface area contributed by atoms with Gasteiger partial charge < -0.3 is 4.90 Å². The van der Waals surface area contributed by atoms with Crippen molar-refractivity contribution in [3.8, 4) is 0 Å². The molecule has 0 spiro atoms. The Morgan fingerprint density at radius 2 is 0.778 bits per heavy atom. The van der Waals surface area contributed by atoms with Gasteiger partial charge in [0.15, 0.2) is 0 Å². The molecule has 0 aliphatic carbocycles. The first-order valence-electron chi connectivity index (χ1n) is 15.3. The topological polar surface area (TPSA) is 3.24 Å². The molecule has 0 amide bonds. The summed E-state index contributed by atoms with van der Waals surface area (Å²) in [6.07, 6.45) is 0. The second-order valence-corrected chi connectivity index (χ2v) is 13.9. The van der Waals surface area contributed by atoms with Crippen LogP contribution in [-0.2, 0) is 0 Å². The Hall–Kier alpha value is -5.22. The summed E-state index contributed by atoms with van der Waals surface area (Å²) in [5.74, 6) is 0. The summed E-state index contributed by atoms with van der Waals surface area (Å²) < 4.78 is 5.26. The molecule has 210 valence electrons. The van der Waals surface area contributed by atoms with E-state index in [1.54, 1.807) is 0 Å². The molecule has 8 aromatic carbocycles. The molecule has 2 heterocycles. The molecule has 0 N–H and O–H groups in total. The molecule has 2 aromatic heterocycles. The van der Waals surface area contributed by atoms with Crippen LogP contribution in [0.2, 0.25) is 0 Å². The predicted octanol–water partition coefficient (Wildman–Crippen LogP) is 13.4. The average Bonchev–Trinajstić information content (AvgIpc) is 3.66. The molecular formula is C42H25NS2. The number of nitrogens with zero attached hydrogens (tertiary/aromatic N) is 1. The first-order valence-corrected chi connectivity index (χ1v) is 16.9. The summed E-state index contributed by atoms with van der Waals surface area (Å²) in [7, 11) is 0. The van der Waals surface area contributed by atoms with Gasteiger partial charge in [0, 0.05) is 57.1 Å². The summed E-state index contributed by atoms with van der Waals surface area (Å²) in [5, 5.41) is 12.9. The molecule has 0 bridgehead atoms. The van der Waals surface area contributed by atoms with Crippen LogP contribution in [0, 0.1) is 0 Å². The average molecular weight is 608 g/mol. The second-order valence-electron chi connectivity index (χ2n) is 11.7. The molecule has 0 saturated heterocycles. The summed E-state index contributed by atoms with van der Waals surface area (Å²) in [6, 6.07) is 56.1. The third-order valence-corrected chi connectivity index (χ3v) is 11.5. The molecule has 0 saturated carbocycles. The first-order chi connectivity index (χ1) is 22.3. The Labute approximate surface area is 267 Å². The van der Waals surface area contributed by atoms with Gasteiger partial charge in [-0.3, -0.25) is 0 Å². The summed E-state index contributed by atoms with van der Waals surface area (Å²) >= 11 is 3.75. The molecule has 0 aliphatic heterocycles. The van der Waals surface area contributed by atoms with E-state index in [4.69, 9.17) is 0 Å². The van der Waals surface area contributed by atoms with Gasteiger partial charge in [-0.2, -0.15) is 0 Å². The van der Waals surface area contributed by atoms with Gasteiger partial charge in [-0.15, -0.1) is 22.7 Å². The van der Waals surface area contributed by atoms with Crippen molar-refractivity contribution in [2.24, 2.45) is 0 Å². The SMILES string of the molecule is c1ccc2c(c1)ccc1c3ccccc3c(N(c3ccc4c(c3)sc3ccccc34)c3ccc4c(c3)sc3ccccc34)cc21. The van der Waals surface area contributed by atoms with E-state index in [9.17, 15) is 0 Å². The molecule has 0 aliphatic rings. The predicted molar refractivity (Wildman–Crippen MR) is 199 cm³/mol. The van der Waals surface area contributed by atoms with E-state index in [1.165, 1.54) is 89.7 Å². The van der Waals surface area contributed by atoms with Gasteiger partial charge >= 0.3 is 0 Å². The summed E-state index contributed by atoms with van der Waals surface area (Å²) in [5.41, 5.74) is 3.52. The number of thiophene rings is 2. The fourth-order valence-electron chi connectivity index (χ4n) is 7.16. The van der Waals surface area contributed by atoms with Crippen molar-refractivity contribution in [1.29, 1.82) is 0 Å². The normalized spacial score (nSPS) is 12.0. The Balaban J connectivity index is 1.31. The van der Waals surface area contributed by atoms with E-state index in [2.05, 4.69) is 157 Å². The minimum atomic E-state index is 1.17. The lowest BCUT2D eigenvalue weighted by Crippen LogP contribution is -2.10. The number of hydrogen-bond acceptors (Lipinski definition) is 3. The lowest BCUT2D eigenvalue weighted by atomic mass is 9.95. The highest BCUT2D eigenvalue weighted by molar-refractivity contribution is 7.26. The van der Waals surface area contributed by atoms with E-state index < -0.39 is 0 Å². The van der Waals surface area contributed by atoms with Crippen LogP contribution in [0.1, 0.15) is 0 Å². The van der Waals surface area contributed by atoms with Crippen molar-refractivity contribution in [2.75, 3.05) is 4.90 Å². The third-order valence-electron chi connectivity index (χ3n) is 9.23. The minimum Gasteiger partial charge on any atom is -0.310 e. The maximum atomic E-state index is 2.48. The highest BCUT2D eigenvalue weighted by atomic mass is 32.1. The number of hydrogen-bond donors (Lipinski definition) is 0. The second kappa shape index (κ2) is 9.64. The molecule has 0 unspecified atom stereocenters. The zero-order valence-electron chi connectivity index (χ0n) is 24.2. The van der Waals surface area contributed by atoms with E-state index in [1.807, 2.05) is 22.7 Å². The largest absolute Gasteiger partial charge is 0.310 e. The zero-order chi connectivity index (χ0) is 29.5. The smallest absolute Gasteiger partial charge is 0.0546 e. The molecule has 0 atom stereocenters. The molecule has 10 aromatic rings. The Bertz CT molecular complexity index is 2670. The van der Waals surface area contributed by atoms with Crippen LogP contribution >= 0.6 is 22.7 Å². The number of rotatable bonds is 3. The van der Waals surface area contributed by atoms with Gasteiger partial charge in [0.05, 0.1) is 5.69 Å². The highest BCUT2D eigenvalue weighted by Gasteiger charge is 2.20. The highest BCUT2D eigenvalue weighted by Crippen LogP contribution is 2.47. The van der Waals surface area contributed by atoms with Gasteiger partial charge in [-0.05, 0) is 69.4 Å². The molecule has 10 rings (SSSR count).